The van der Waals surface area contributed by atoms with E-state index in [1.165, 1.54) is 10.7 Å². The summed E-state index contributed by atoms with van der Waals surface area (Å²) in [4.78, 5) is 23.3. The Morgan fingerprint density at radius 2 is 2.20 bits per heavy atom. The number of aromatic nitrogens is 2. The molecule has 2 fully saturated rings. The van der Waals surface area contributed by atoms with Gasteiger partial charge in [-0.3, -0.25) is 4.79 Å². The second kappa shape index (κ2) is 6.33. The van der Waals surface area contributed by atoms with Gasteiger partial charge in [0, 0.05) is 12.7 Å². The van der Waals surface area contributed by atoms with Crippen LogP contribution in [0.15, 0.2) is 36.5 Å². The summed E-state index contributed by atoms with van der Waals surface area (Å²) in [5, 5.41) is 16.0. The van der Waals surface area contributed by atoms with Crippen LogP contribution in [0.1, 0.15) is 35.3 Å². The topological polar surface area (TPSA) is 93.5 Å². The first kappa shape index (κ1) is 15.8. The summed E-state index contributed by atoms with van der Waals surface area (Å²) in [7, 11) is 0. The summed E-state index contributed by atoms with van der Waals surface area (Å²) in [5.41, 5.74) is 1.68. The maximum Gasteiger partial charge on any atom is 0.356 e. The molecule has 3 heterocycles. The van der Waals surface area contributed by atoms with E-state index in [1.54, 1.807) is 6.20 Å². The van der Waals surface area contributed by atoms with Gasteiger partial charge in [0.2, 0.25) is 5.91 Å². The van der Waals surface area contributed by atoms with Gasteiger partial charge in [-0.2, -0.15) is 5.10 Å². The molecule has 1 amide bonds. The zero-order chi connectivity index (χ0) is 17.4. The Bertz CT molecular complexity index is 816. The molecular formula is C18H19N3O4. The van der Waals surface area contributed by atoms with Crippen molar-refractivity contribution in [2.45, 2.75) is 38.0 Å². The molecule has 2 aliphatic heterocycles. The fourth-order valence-corrected chi connectivity index (χ4v) is 3.62. The van der Waals surface area contributed by atoms with Crippen molar-refractivity contribution >= 4 is 11.9 Å². The van der Waals surface area contributed by atoms with E-state index in [2.05, 4.69) is 10.4 Å². The van der Waals surface area contributed by atoms with Gasteiger partial charge in [-0.1, -0.05) is 12.1 Å². The molecule has 7 nitrogen and oxygen atoms in total. The van der Waals surface area contributed by atoms with Gasteiger partial charge in [0.15, 0.2) is 5.69 Å². The van der Waals surface area contributed by atoms with Gasteiger partial charge in [-0.05, 0) is 43.0 Å². The van der Waals surface area contributed by atoms with Crippen molar-refractivity contribution in [1.29, 1.82) is 0 Å². The quantitative estimate of drug-likeness (QED) is 0.864. The average molecular weight is 341 g/mol. The number of carboxylic acid groups (broad SMARTS) is 1. The van der Waals surface area contributed by atoms with Crippen molar-refractivity contribution in [2.75, 3.05) is 0 Å². The molecule has 3 unspecified atom stereocenters. The summed E-state index contributed by atoms with van der Waals surface area (Å²) in [6, 6.07) is 8.96. The van der Waals surface area contributed by atoms with Crippen LogP contribution in [-0.2, 0) is 16.1 Å². The Hall–Kier alpha value is -2.67. The zero-order valence-corrected chi connectivity index (χ0v) is 13.6. The number of rotatable bonds is 5. The number of carboxylic acids is 1. The Morgan fingerprint density at radius 3 is 2.88 bits per heavy atom. The number of hydrogen-bond acceptors (Lipinski definition) is 4. The maximum absolute atomic E-state index is 12.4. The SMILES string of the molecule is O=C(O)c1ccn(-c2cccc(CNC(=O)C3CC4CCC3O4)c2)n1. The van der Waals surface area contributed by atoms with Crippen molar-refractivity contribution in [2.24, 2.45) is 5.92 Å². The third-order valence-corrected chi connectivity index (χ3v) is 4.89. The molecule has 130 valence electrons. The highest BCUT2D eigenvalue weighted by atomic mass is 16.5. The van der Waals surface area contributed by atoms with Gasteiger partial charge < -0.3 is 15.2 Å². The molecule has 7 heteroatoms. The second-order valence-corrected chi connectivity index (χ2v) is 6.55. The number of fused-ring (bicyclic) bond motifs is 2. The lowest BCUT2D eigenvalue weighted by atomic mass is 9.88. The molecule has 1 aromatic carbocycles. The normalized spacial score (nSPS) is 24.4. The zero-order valence-electron chi connectivity index (χ0n) is 13.6. The molecular weight excluding hydrogens is 322 g/mol. The Morgan fingerprint density at radius 1 is 1.32 bits per heavy atom. The van der Waals surface area contributed by atoms with E-state index >= 15 is 0 Å². The van der Waals surface area contributed by atoms with Crippen LogP contribution >= 0.6 is 0 Å². The Labute approximate surface area is 144 Å². The number of nitrogens with zero attached hydrogens (tertiary/aromatic N) is 2. The summed E-state index contributed by atoms with van der Waals surface area (Å²) >= 11 is 0. The first-order valence-corrected chi connectivity index (χ1v) is 8.41. The van der Waals surface area contributed by atoms with Crippen molar-refractivity contribution < 1.29 is 19.4 Å². The van der Waals surface area contributed by atoms with Crippen LogP contribution in [0, 0.1) is 5.92 Å². The van der Waals surface area contributed by atoms with Crippen LogP contribution in [0.2, 0.25) is 0 Å². The number of ether oxygens (including phenoxy) is 1. The lowest BCUT2D eigenvalue weighted by Crippen LogP contribution is -2.35. The van der Waals surface area contributed by atoms with E-state index in [9.17, 15) is 9.59 Å². The van der Waals surface area contributed by atoms with Crippen molar-refractivity contribution in [3.8, 4) is 5.69 Å². The standard InChI is InChI=1S/C18H19N3O4/c22-17(14-9-13-4-5-16(14)25-13)19-10-11-2-1-3-12(8-11)21-7-6-15(20-21)18(23)24/h1-3,6-8,13-14,16H,4-5,9-10H2,(H,19,22)(H,23,24). The maximum atomic E-state index is 12.4. The second-order valence-electron chi connectivity index (χ2n) is 6.55. The van der Waals surface area contributed by atoms with Gasteiger partial charge in [0.05, 0.1) is 23.8 Å². The number of carbonyl (C=O) groups excluding carboxylic acids is 1. The van der Waals surface area contributed by atoms with Gasteiger partial charge in [-0.15, -0.1) is 0 Å². The summed E-state index contributed by atoms with van der Waals surface area (Å²) in [6.07, 6.45) is 4.81. The average Bonchev–Trinajstić information content (AvgIpc) is 3.35. The van der Waals surface area contributed by atoms with Crippen molar-refractivity contribution in [1.82, 2.24) is 15.1 Å². The van der Waals surface area contributed by atoms with Crippen molar-refractivity contribution in [3.05, 3.63) is 47.8 Å². The van der Waals surface area contributed by atoms with Crippen LogP contribution in [0.5, 0.6) is 0 Å². The Kier molecular flexibility index (Phi) is 4.01. The Balaban J connectivity index is 1.41. The van der Waals surface area contributed by atoms with Crippen LogP contribution in [0.3, 0.4) is 0 Å². The molecule has 1 aromatic heterocycles. The van der Waals surface area contributed by atoms with E-state index in [-0.39, 0.29) is 29.7 Å². The fraction of sp³-hybridized carbons (Fsp3) is 0.389. The molecule has 0 spiro atoms. The van der Waals surface area contributed by atoms with Gasteiger partial charge in [-0.25, -0.2) is 9.48 Å². The van der Waals surface area contributed by atoms with E-state index in [1.807, 2.05) is 24.3 Å². The molecule has 0 radical (unpaired) electrons. The lowest BCUT2D eigenvalue weighted by Gasteiger charge is -2.18. The largest absolute Gasteiger partial charge is 0.476 e. The third-order valence-electron chi connectivity index (χ3n) is 4.89. The van der Waals surface area contributed by atoms with Gasteiger partial charge >= 0.3 is 5.97 Å². The predicted octanol–water partition coefficient (Wildman–Crippen LogP) is 1.75. The van der Waals surface area contributed by atoms with Crippen LogP contribution < -0.4 is 5.32 Å². The molecule has 2 N–H and O–H groups in total. The van der Waals surface area contributed by atoms with E-state index in [0.29, 0.717) is 6.54 Å². The van der Waals surface area contributed by atoms with Crippen LogP contribution in [-0.4, -0.2) is 39.0 Å². The minimum Gasteiger partial charge on any atom is -0.476 e. The minimum absolute atomic E-state index is 0.00464. The molecule has 25 heavy (non-hydrogen) atoms. The summed E-state index contributed by atoms with van der Waals surface area (Å²) in [5.74, 6) is -1.05. The number of nitrogens with one attached hydrogen (secondary N) is 1. The number of hydrogen-bond donors (Lipinski definition) is 2. The molecule has 2 bridgehead atoms. The van der Waals surface area contributed by atoms with E-state index in [0.717, 1.165) is 30.5 Å². The van der Waals surface area contributed by atoms with Gasteiger partial charge in [0.1, 0.15) is 0 Å². The van der Waals surface area contributed by atoms with Gasteiger partial charge in [0.25, 0.3) is 0 Å². The fourth-order valence-electron chi connectivity index (χ4n) is 3.62. The monoisotopic (exact) mass is 341 g/mol. The highest BCUT2D eigenvalue weighted by molar-refractivity contribution is 5.85. The summed E-state index contributed by atoms with van der Waals surface area (Å²) in [6.45, 7) is 0.424. The van der Waals surface area contributed by atoms with E-state index < -0.39 is 5.97 Å². The molecule has 2 aliphatic rings. The molecule has 4 rings (SSSR count). The van der Waals surface area contributed by atoms with Crippen LogP contribution in [0.4, 0.5) is 0 Å². The molecule has 0 aliphatic carbocycles. The lowest BCUT2D eigenvalue weighted by molar-refractivity contribution is -0.126. The number of aromatic carboxylic acids is 1. The predicted molar refractivity (Wildman–Crippen MR) is 88.4 cm³/mol. The number of carbonyl (C=O) groups is 2. The summed E-state index contributed by atoms with van der Waals surface area (Å²) < 4.78 is 7.25. The third kappa shape index (κ3) is 3.15. The first-order chi connectivity index (χ1) is 12.1. The minimum atomic E-state index is -1.06. The molecule has 0 saturated carbocycles. The van der Waals surface area contributed by atoms with Crippen molar-refractivity contribution in [3.63, 3.8) is 0 Å². The van der Waals surface area contributed by atoms with Crippen LogP contribution in [0.25, 0.3) is 5.69 Å². The first-order valence-electron chi connectivity index (χ1n) is 8.41. The molecule has 2 aromatic rings. The molecule has 2 saturated heterocycles. The number of benzene rings is 1. The smallest absolute Gasteiger partial charge is 0.356 e. The number of amides is 1. The highest BCUT2D eigenvalue weighted by Crippen LogP contribution is 2.38. The van der Waals surface area contributed by atoms with E-state index in [4.69, 9.17) is 9.84 Å². The molecule has 3 atom stereocenters. The highest BCUT2D eigenvalue weighted by Gasteiger charge is 2.44.